The van der Waals surface area contributed by atoms with Gasteiger partial charge in [-0.2, -0.15) is 0 Å². The number of rotatable bonds is 2. The monoisotopic (exact) mass is 278 g/mol. The highest BCUT2D eigenvalue weighted by atomic mass is 35.5. The first-order chi connectivity index (χ1) is 8.95. The maximum Gasteiger partial charge on any atom is 0.255 e. The Labute approximate surface area is 115 Å². The molecule has 2 aromatic rings. The van der Waals surface area contributed by atoms with Crippen molar-refractivity contribution >= 4 is 28.9 Å². The fraction of sp³-hybridized carbons (Fsp3) is 0.0714. The zero-order chi connectivity index (χ0) is 14.0. The van der Waals surface area contributed by atoms with Gasteiger partial charge >= 0.3 is 0 Å². The van der Waals surface area contributed by atoms with Crippen LogP contribution in [0.4, 0.5) is 15.8 Å². The molecule has 3 N–H and O–H groups in total. The van der Waals surface area contributed by atoms with E-state index in [2.05, 4.69) is 5.32 Å². The molecule has 2 aromatic carbocycles. The Kier molecular flexibility index (Phi) is 3.71. The molecule has 0 heterocycles. The molecular formula is C14H12ClFN2O. The summed E-state index contributed by atoms with van der Waals surface area (Å²) < 4.78 is 13.2. The lowest BCUT2D eigenvalue weighted by Crippen LogP contribution is -2.12. The van der Waals surface area contributed by atoms with E-state index < -0.39 is 11.7 Å². The highest BCUT2D eigenvalue weighted by molar-refractivity contribution is 6.31. The van der Waals surface area contributed by atoms with Gasteiger partial charge in [-0.1, -0.05) is 17.7 Å². The molecule has 0 bridgehead atoms. The predicted molar refractivity (Wildman–Crippen MR) is 75.0 cm³/mol. The zero-order valence-corrected chi connectivity index (χ0v) is 11.0. The van der Waals surface area contributed by atoms with E-state index in [0.717, 1.165) is 17.7 Å². The Bertz CT molecular complexity index is 623. The van der Waals surface area contributed by atoms with Gasteiger partial charge in [-0.25, -0.2) is 4.39 Å². The van der Waals surface area contributed by atoms with E-state index in [9.17, 15) is 9.18 Å². The Morgan fingerprint density at radius 2 is 2.00 bits per heavy atom. The highest BCUT2D eigenvalue weighted by Crippen LogP contribution is 2.21. The first-order valence-corrected chi connectivity index (χ1v) is 5.97. The largest absolute Gasteiger partial charge is 0.399 e. The second kappa shape index (κ2) is 5.28. The van der Waals surface area contributed by atoms with Gasteiger partial charge in [0.2, 0.25) is 0 Å². The number of nitrogen functional groups attached to an aromatic ring is 1. The minimum absolute atomic E-state index is 0.161. The van der Waals surface area contributed by atoms with Gasteiger partial charge < -0.3 is 11.1 Å². The van der Waals surface area contributed by atoms with Crippen LogP contribution in [0, 0.1) is 12.7 Å². The molecule has 0 unspecified atom stereocenters. The summed E-state index contributed by atoms with van der Waals surface area (Å²) in [6.07, 6.45) is 0. The third kappa shape index (κ3) is 3.23. The third-order valence-corrected chi connectivity index (χ3v) is 3.02. The summed E-state index contributed by atoms with van der Waals surface area (Å²) in [5.41, 5.74) is 7.31. The molecule has 0 aromatic heterocycles. The minimum Gasteiger partial charge on any atom is -0.399 e. The van der Waals surface area contributed by atoms with E-state index in [4.69, 9.17) is 17.3 Å². The Morgan fingerprint density at radius 1 is 1.26 bits per heavy atom. The maximum absolute atomic E-state index is 13.2. The Balaban J connectivity index is 2.22. The van der Waals surface area contributed by atoms with Gasteiger partial charge in [0.05, 0.1) is 0 Å². The molecule has 3 nitrogen and oxygen atoms in total. The van der Waals surface area contributed by atoms with E-state index in [1.54, 1.807) is 18.2 Å². The van der Waals surface area contributed by atoms with Crippen molar-refractivity contribution in [1.29, 1.82) is 0 Å². The van der Waals surface area contributed by atoms with Gasteiger partial charge in [0.15, 0.2) is 0 Å². The second-order valence-electron chi connectivity index (χ2n) is 4.19. The number of aryl methyl sites for hydroxylation is 1. The molecule has 0 atom stereocenters. The van der Waals surface area contributed by atoms with Crippen molar-refractivity contribution in [2.75, 3.05) is 11.1 Å². The molecule has 0 saturated heterocycles. The summed E-state index contributed by atoms with van der Waals surface area (Å²) in [6, 6.07) is 8.84. The Morgan fingerprint density at radius 3 is 2.63 bits per heavy atom. The molecule has 0 saturated carbocycles. The first-order valence-electron chi connectivity index (χ1n) is 5.59. The van der Waals surface area contributed by atoms with Gasteiger partial charge in [-0.15, -0.1) is 0 Å². The zero-order valence-electron chi connectivity index (χ0n) is 10.2. The van der Waals surface area contributed by atoms with E-state index in [1.807, 2.05) is 6.92 Å². The van der Waals surface area contributed by atoms with Crippen LogP contribution in [0.25, 0.3) is 0 Å². The Hall–Kier alpha value is -2.07. The van der Waals surface area contributed by atoms with Crippen molar-refractivity contribution in [3.05, 3.63) is 58.4 Å². The lowest BCUT2D eigenvalue weighted by atomic mass is 10.1. The maximum atomic E-state index is 13.2. The van der Waals surface area contributed by atoms with Crippen molar-refractivity contribution < 1.29 is 9.18 Å². The second-order valence-corrected chi connectivity index (χ2v) is 4.60. The number of hydrogen-bond donors (Lipinski definition) is 2. The fourth-order valence-corrected chi connectivity index (χ4v) is 1.80. The summed E-state index contributed by atoms with van der Waals surface area (Å²) in [5, 5.41) is 3.19. The first kappa shape index (κ1) is 13.4. The SMILES string of the molecule is Cc1ccc(NC(=O)c2cc(N)cc(F)c2)cc1Cl. The van der Waals surface area contributed by atoms with Crippen LogP contribution in [0.3, 0.4) is 0 Å². The molecule has 0 aliphatic heterocycles. The van der Waals surface area contributed by atoms with E-state index in [1.165, 1.54) is 6.07 Å². The van der Waals surface area contributed by atoms with Crippen LogP contribution in [0.15, 0.2) is 36.4 Å². The average Bonchev–Trinajstić information content (AvgIpc) is 2.32. The topological polar surface area (TPSA) is 55.1 Å². The van der Waals surface area contributed by atoms with Crippen molar-refractivity contribution in [1.82, 2.24) is 0 Å². The molecule has 5 heteroatoms. The number of halogens is 2. The molecule has 19 heavy (non-hydrogen) atoms. The standard InChI is InChI=1S/C14H12ClFN2O/c1-8-2-3-12(7-13(8)15)18-14(19)9-4-10(16)6-11(17)5-9/h2-7H,17H2,1H3,(H,18,19). The van der Waals surface area contributed by atoms with Crippen LogP contribution >= 0.6 is 11.6 Å². The van der Waals surface area contributed by atoms with Crippen LogP contribution < -0.4 is 11.1 Å². The average molecular weight is 279 g/mol. The van der Waals surface area contributed by atoms with Gasteiger partial charge in [0, 0.05) is 22.0 Å². The number of carbonyl (C=O) groups excluding carboxylic acids is 1. The van der Waals surface area contributed by atoms with Crippen LogP contribution in [0.1, 0.15) is 15.9 Å². The van der Waals surface area contributed by atoms with Crippen LogP contribution in [0.5, 0.6) is 0 Å². The number of nitrogens with one attached hydrogen (secondary N) is 1. The smallest absolute Gasteiger partial charge is 0.255 e. The fourth-order valence-electron chi connectivity index (χ4n) is 1.62. The summed E-state index contributed by atoms with van der Waals surface area (Å²) in [6.45, 7) is 1.86. The molecule has 0 spiro atoms. The summed E-state index contributed by atoms with van der Waals surface area (Å²) in [4.78, 5) is 11.9. The number of amides is 1. The minimum atomic E-state index is -0.549. The summed E-state index contributed by atoms with van der Waals surface area (Å²) in [7, 11) is 0. The van der Waals surface area contributed by atoms with Crippen molar-refractivity contribution in [2.45, 2.75) is 6.92 Å². The molecule has 98 valence electrons. The number of anilines is 2. The molecule has 0 radical (unpaired) electrons. The van der Waals surface area contributed by atoms with Crippen LogP contribution in [-0.4, -0.2) is 5.91 Å². The molecule has 0 aliphatic rings. The molecule has 0 fully saturated rings. The third-order valence-electron chi connectivity index (χ3n) is 2.61. The number of benzene rings is 2. The predicted octanol–water partition coefficient (Wildman–Crippen LogP) is 3.62. The van der Waals surface area contributed by atoms with E-state index in [-0.39, 0.29) is 11.3 Å². The van der Waals surface area contributed by atoms with Crippen molar-refractivity contribution in [3.63, 3.8) is 0 Å². The molecule has 0 aliphatic carbocycles. The van der Waals surface area contributed by atoms with Crippen molar-refractivity contribution in [3.8, 4) is 0 Å². The molecular weight excluding hydrogens is 267 g/mol. The van der Waals surface area contributed by atoms with Gasteiger partial charge in [0.25, 0.3) is 5.91 Å². The lowest BCUT2D eigenvalue weighted by Gasteiger charge is -2.07. The number of nitrogens with two attached hydrogens (primary N) is 1. The highest BCUT2D eigenvalue weighted by Gasteiger charge is 2.09. The molecule has 1 amide bonds. The quantitative estimate of drug-likeness (QED) is 0.824. The summed E-state index contributed by atoms with van der Waals surface area (Å²) >= 11 is 5.96. The van der Waals surface area contributed by atoms with Crippen LogP contribution in [0.2, 0.25) is 5.02 Å². The summed E-state index contributed by atoms with van der Waals surface area (Å²) in [5.74, 6) is -0.988. The van der Waals surface area contributed by atoms with Crippen LogP contribution in [-0.2, 0) is 0 Å². The van der Waals surface area contributed by atoms with Gasteiger partial charge in [-0.05, 0) is 42.8 Å². The van der Waals surface area contributed by atoms with Gasteiger partial charge in [0.1, 0.15) is 5.82 Å². The normalized spacial score (nSPS) is 10.3. The number of carbonyl (C=O) groups is 1. The van der Waals surface area contributed by atoms with E-state index in [0.29, 0.717) is 10.7 Å². The van der Waals surface area contributed by atoms with Crippen molar-refractivity contribution in [2.24, 2.45) is 0 Å². The number of hydrogen-bond acceptors (Lipinski definition) is 2. The van der Waals surface area contributed by atoms with Gasteiger partial charge in [-0.3, -0.25) is 4.79 Å². The molecule has 2 rings (SSSR count). The van der Waals surface area contributed by atoms with E-state index >= 15 is 0 Å². The lowest BCUT2D eigenvalue weighted by molar-refractivity contribution is 0.102.